The van der Waals surface area contributed by atoms with Crippen LogP contribution < -0.4 is 22.9 Å². The number of rotatable bonds is 3. The van der Waals surface area contributed by atoms with Crippen LogP contribution in [0, 0.1) is 0 Å². The van der Waals surface area contributed by atoms with Crippen LogP contribution in [0.15, 0.2) is 48.5 Å². The molecule has 0 unspecified atom stereocenters. The van der Waals surface area contributed by atoms with Crippen molar-refractivity contribution in [3.63, 3.8) is 0 Å². The van der Waals surface area contributed by atoms with E-state index in [1.54, 1.807) is 0 Å². The summed E-state index contributed by atoms with van der Waals surface area (Å²) in [6.07, 6.45) is 0.805. The molecule has 2 aromatic heterocycles. The average molecular weight is 358 g/mol. The van der Waals surface area contributed by atoms with E-state index < -0.39 is 0 Å². The molecule has 0 saturated carbocycles. The first-order valence-electron chi connectivity index (χ1n) is 8.29. The average Bonchev–Trinajstić information content (AvgIpc) is 2.64. The zero-order valence-corrected chi connectivity index (χ0v) is 14.4. The Morgan fingerprint density at radius 2 is 1.26 bits per heavy atom. The summed E-state index contributed by atoms with van der Waals surface area (Å²) >= 11 is 0. The van der Waals surface area contributed by atoms with Gasteiger partial charge >= 0.3 is 0 Å². The highest BCUT2D eigenvalue weighted by atomic mass is 15.1. The zero-order valence-electron chi connectivity index (χ0n) is 14.4. The molecule has 27 heavy (non-hydrogen) atoms. The number of nitrogens with two attached hydrogens (primary N) is 4. The van der Waals surface area contributed by atoms with Gasteiger partial charge in [0.15, 0.2) is 22.8 Å². The Bertz CT molecular complexity index is 1120. The van der Waals surface area contributed by atoms with Gasteiger partial charge < -0.3 is 22.9 Å². The van der Waals surface area contributed by atoms with E-state index in [0.29, 0.717) is 11.2 Å². The van der Waals surface area contributed by atoms with Gasteiger partial charge in [-0.15, -0.1) is 0 Å². The topological polar surface area (TPSA) is 156 Å². The number of aromatic nitrogens is 4. The number of benzene rings is 2. The van der Waals surface area contributed by atoms with Crippen LogP contribution in [-0.4, -0.2) is 19.9 Å². The second-order valence-electron chi connectivity index (χ2n) is 6.21. The summed E-state index contributed by atoms with van der Waals surface area (Å²) in [4.78, 5) is 16.7. The third-order valence-electron chi connectivity index (χ3n) is 4.22. The van der Waals surface area contributed by atoms with E-state index in [4.69, 9.17) is 22.9 Å². The molecule has 2 aromatic carbocycles. The lowest BCUT2D eigenvalue weighted by Crippen LogP contribution is -2.06. The van der Waals surface area contributed by atoms with E-state index in [1.807, 2.05) is 48.5 Å². The minimum absolute atomic E-state index is 0.0356. The van der Waals surface area contributed by atoms with Gasteiger partial charge in [0.1, 0.15) is 5.69 Å². The third kappa shape index (κ3) is 3.28. The minimum Gasteiger partial charge on any atom is -0.399 e. The highest BCUT2D eigenvalue weighted by Gasteiger charge is 2.13. The molecule has 0 saturated heterocycles. The normalized spacial score (nSPS) is 11.0. The van der Waals surface area contributed by atoms with Crippen molar-refractivity contribution < 1.29 is 0 Å². The van der Waals surface area contributed by atoms with Crippen LogP contribution in [0.3, 0.4) is 0 Å². The van der Waals surface area contributed by atoms with E-state index in [9.17, 15) is 0 Å². The standard InChI is InChI=1S/C19H18N8/c20-13-7-3-11(4-8-13)9-10-1-5-12(6-2-10)14-16(21)25-18-15(24-14)17(22)26-19(23)27-18/h1-8H,9,20H2,(H6,21,22,23,25,26,27). The molecule has 134 valence electrons. The van der Waals surface area contributed by atoms with E-state index in [0.717, 1.165) is 23.2 Å². The maximum absolute atomic E-state index is 6.07. The van der Waals surface area contributed by atoms with Crippen molar-refractivity contribution in [2.75, 3.05) is 22.9 Å². The molecule has 0 amide bonds. The first kappa shape index (κ1) is 16.5. The van der Waals surface area contributed by atoms with Gasteiger partial charge in [0.05, 0.1) is 0 Å². The monoisotopic (exact) mass is 358 g/mol. The molecular weight excluding hydrogens is 340 g/mol. The van der Waals surface area contributed by atoms with E-state index >= 15 is 0 Å². The number of fused-ring (bicyclic) bond motifs is 1. The summed E-state index contributed by atoms with van der Waals surface area (Å²) in [5.74, 6) is 0.464. The van der Waals surface area contributed by atoms with Gasteiger partial charge in [0, 0.05) is 11.3 Å². The maximum atomic E-state index is 6.07. The van der Waals surface area contributed by atoms with Crippen LogP contribution in [0.4, 0.5) is 23.3 Å². The Labute approximate surface area is 155 Å². The fourth-order valence-corrected chi connectivity index (χ4v) is 2.86. The van der Waals surface area contributed by atoms with Crippen molar-refractivity contribution in [1.29, 1.82) is 0 Å². The molecule has 8 nitrogen and oxygen atoms in total. The number of hydrogen-bond donors (Lipinski definition) is 4. The van der Waals surface area contributed by atoms with Crippen LogP contribution in [0.2, 0.25) is 0 Å². The Hall–Kier alpha value is -3.94. The van der Waals surface area contributed by atoms with Gasteiger partial charge in [-0.3, -0.25) is 0 Å². The number of nitrogen functional groups attached to an aromatic ring is 4. The van der Waals surface area contributed by atoms with Crippen molar-refractivity contribution in [3.8, 4) is 11.3 Å². The molecule has 0 atom stereocenters. The number of hydrogen-bond acceptors (Lipinski definition) is 8. The second kappa shape index (κ2) is 6.41. The molecular formula is C19H18N8. The highest BCUT2D eigenvalue weighted by Crippen LogP contribution is 2.27. The van der Waals surface area contributed by atoms with Crippen LogP contribution >= 0.6 is 0 Å². The number of anilines is 4. The summed E-state index contributed by atoms with van der Waals surface area (Å²) in [6.45, 7) is 0. The molecule has 4 rings (SSSR count). The van der Waals surface area contributed by atoms with Crippen molar-refractivity contribution in [2.24, 2.45) is 0 Å². The molecule has 8 N–H and O–H groups in total. The molecule has 0 radical (unpaired) electrons. The van der Waals surface area contributed by atoms with Gasteiger partial charge in [0.2, 0.25) is 5.95 Å². The summed E-state index contributed by atoms with van der Waals surface area (Å²) in [7, 11) is 0. The van der Waals surface area contributed by atoms with Crippen molar-refractivity contribution in [1.82, 2.24) is 19.9 Å². The maximum Gasteiger partial charge on any atom is 0.224 e. The van der Waals surface area contributed by atoms with Crippen molar-refractivity contribution in [3.05, 3.63) is 59.7 Å². The SMILES string of the molecule is Nc1ccc(Cc2ccc(-c3nc4c(N)nc(N)nc4nc3N)cc2)cc1. The molecule has 0 aliphatic carbocycles. The summed E-state index contributed by atoms with van der Waals surface area (Å²) in [5.41, 5.74) is 28.4. The first-order chi connectivity index (χ1) is 13.0. The largest absolute Gasteiger partial charge is 0.399 e. The van der Waals surface area contributed by atoms with Gasteiger partial charge in [-0.25, -0.2) is 9.97 Å². The molecule has 0 aliphatic heterocycles. The Kier molecular flexibility index (Phi) is 3.92. The lowest BCUT2D eigenvalue weighted by atomic mass is 10.0. The second-order valence-corrected chi connectivity index (χ2v) is 6.21. The summed E-state index contributed by atoms with van der Waals surface area (Å²) < 4.78 is 0. The quantitative estimate of drug-likeness (QED) is 0.405. The van der Waals surface area contributed by atoms with Crippen LogP contribution in [0.5, 0.6) is 0 Å². The molecule has 0 fully saturated rings. The molecule has 0 aliphatic rings. The van der Waals surface area contributed by atoms with Gasteiger partial charge in [-0.05, 0) is 29.7 Å². The van der Waals surface area contributed by atoms with E-state index in [2.05, 4.69) is 19.9 Å². The van der Waals surface area contributed by atoms with Gasteiger partial charge in [-0.2, -0.15) is 9.97 Å². The molecule has 4 aromatic rings. The van der Waals surface area contributed by atoms with E-state index in [-0.39, 0.29) is 23.2 Å². The summed E-state index contributed by atoms with van der Waals surface area (Å²) in [5, 5.41) is 0. The third-order valence-corrected chi connectivity index (χ3v) is 4.22. The zero-order chi connectivity index (χ0) is 19.0. The molecule has 0 bridgehead atoms. The fraction of sp³-hybridized carbons (Fsp3) is 0.0526. The van der Waals surface area contributed by atoms with E-state index in [1.165, 1.54) is 5.56 Å². The molecule has 0 spiro atoms. The first-order valence-corrected chi connectivity index (χ1v) is 8.29. The lowest BCUT2D eigenvalue weighted by Gasteiger charge is -2.09. The van der Waals surface area contributed by atoms with Crippen molar-refractivity contribution in [2.45, 2.75) is 6.42 Å². The van der Waals surface area contributed by atoms with Gasteiger partial charge in [-0.1, -0.05) is 36.4 Å². The molecule has 2 heterocycles. The van der Waals surface area contributed by atoms with Crippen LogP contribution in [0.25, 0.3) is 22.4 Å². The minimum atomic E-state index is 0.0356. The Morgan fingerprint density at radius 1 is 0.630 bits per heavy atom. The van der Waals surface area contributed by atoms with Gasteiger partial charge in [0.25, 0.3) is 0 Å². The number of nitrogens with zero attached hydrogens (tertiary/aromatic N) is 4. The predicted molar refractivity (Wildman–Crippen MR) is 107 cm³/mol. The van der Waals surface area contributed by atoms with Crippen molar-refractivity contribution >= 4 is 34.4 Å². The Morgan fingerprint density at radius 3 is 1.93 bits per heavy atom. The summed E-state index contributed by atoms with van der Waals surface area (Å²) in [6, 6.07) is 15.8. The fourth-order valence-electron chi connectivity index (χ4n) is 2.86. The molecule has 8 heteroatoms. The predicted octanol–water partition coefficient (Wildman–Crippen LogP) is 2.01. The Balaban J connectivity index is 1.67. The smallest absolute Gasteiger partial charge is 0.224 e. The lowest BCUT2D eigenvalue weighted by molar-refractivity contribution is 1.17. The van der Waals surface area contributed by atoms with Crippen LogP contribution in [-0.2, 0) is 6.42 Å². The highest BCUT2D eigenvalue weighted by molar-refractivity contribution is 5.87. The van der Waals surface area contributed by atoms with Crippen LogP contribution in [0.1, 0.15) is 11.1 Å².